The maximum atomic E-state index is 13.1. The largest absolute Gasteiger partial charge is 0.506 e. The Balaban J connectivity index is 1.64. The van der Waals surface area contributed by atoms with Gasteiger partial charge >= 0.3 is 0 Å². The van der Waals surface area contributed by atoms with Crippen LogP contribution < -0.4 is 4.90 Å². The van der Waals surface area contributed by atoms with Gasteiger partial charge < -0.3 is 14.6 Å². The minimum Gasteiger partial charge on any atom is -0.506 e. The van der Waals surface area contributed by atoms with E-state index in [4.69, 9.17) is 0 Å². The molecule has 0 saturated heterocycles. The van der Waals surface area contributed by atoms with Crippen LogP contribution in [-0.4, -0.2) is 27.1 Å². The standard InChI is InChI=1S/C20H19N3O2/c24-18-8-2-5-16-7-3-10-23(19(16)18)20(25)17-6-1-4-15(12-17)13-22-11-9-21-14-22/h1-2,4-6,8-9,11-12,14,24H,3,7,10,13H2. The highest BCUT2D eigenvalue weighted by molar-refractivity contribution is 6.07. The summed E-state index contributed by atoms with van der Waals surface area (Å²) < 4.78 is 1.96. The number of nitrogens with zero attached hydrogens (tertiary/aromatic N) is 3. The van der Waals surface area contributed by atoms with Crippen molar-refractivity contribution in [1.29, 1.82) is 0 Å². The molecule has 0 atom stereocenters. The molecule has 0 bridgehead atoms. The molecular formula is C20H19N3O2. The van der Waals surface area contributed by atoms with E-state index >= 15 is 0 Å². The summed E-state index contributed by atoms with van der Waals surface area (Å²) in [7, 11) is 0. The van der Waals surface area contributed by atoms with Crippen LogP contribution in [0.2, 0.25) is 0 Å². The Morgan fingerprint density at radius 3 is 2.92 bits per heavy atom. The Kier molecular flexibility index (Phi) is 3.98. The molecule has 126 valence electrons. The van der Waals surface area contributed by atoms with Crippen molar-refractivity contribution in [3.8, 4) is 5.75 Å². The number of fused-ring (bicyclic) bond motifs is 1. The van der Waals surface area contributed by atoms with Gasteiger partial charge in [-0.2, -0.15) is 0 Å². The first-order chi connectivity index (χ1) is 12.2. The van der Waals surface area contributed by atoms with Gasteiger partial charge in [-0.1, -0.05) is 24.3 Å². The normalized spacial score (nSPS) is 13.5. The van der Waals surface area contributed by atoms with E-state index in [2.05, 4.69) is 4.98 Å². The van der Waals surface area contributed by atoms with E-state index in [0.29, 0.717) is 24.3 Å². The first kappa shape index (κ1) is 15.4. The van der Waals surface area contributed by atoms with Gasteiger partial charge in [0.25, 0.3) is 5.91 Å². The lowest BCUT2D eigenvalue weighted by Crippen LogP contribution is -2.35. The van der Waals surface area contributed by atoms with Crippen molar-refractivity contribution in [3.63, 3.8) is 0 Å². The maximum Gasteiger partial charge on any atom is 0.258 e. The number of anilines is 1. The molecule has 5 heteroatoms. The van der Waals surface area contributed by atoms with Crippen LogP contribution in [-0.2, 0) is 13.0 Å². The second-order valence-electron chi connectivity index (χ2n) is 6.28. The van der Waals surface area contributed by atoms with E-state index < -0.39 is 0 Å². The third-order valence-corrected chi connectivity index (χ3v) is 4.54. The molecule has 2 aromatic carbocycles. The van der Waals surface area contributed by atoms with E-state index in [1.165, 1.54) is 0 Å². The molecule has 4 rings (SSSR count). The van der Waals surface area contributed by atoms with Crippen molar-refractivity contribution in [2.24, 2.45) is 0 Å². The Bertz CT molecular complexity index is 903. The van der Waals surface area contributed by atoms with Gasteiger partial charge in [0.2, 0.25) is 0 Å². The molecule has 0 fully saturated rings. The van der Waals surface area contributed by atoms with Gasteiger partial charge in [-0.3, -0.25) is 4.79 Å². The first-order valence-corrected chi connectivity index (χ1v) is 8.40. The number of aromatic nitrogens is 2. The van der Waals surface area contributed by atoms with Gasteiger partial charge in [0, 0.05) is 31.0 Å². The lowest BCUT2D eigenvalue weighted by Gasteiger charge is -2.30. The third-order valence-electron chi connectivity index (χ3n) is 4.54. The van der Waals surface area contributed by atoms with Crippen molar-refractivity contribution in [2.45, 2.75) is 19.4 Å². The van der Waals surface area contributed by atoms with E-state index in [1.54, 1.807) is 23.5 Å². The van der Waals surface area contributed by atoms with Crippen LogP contribution in [0.3, 0.4) is 0 Å². The van der Waals surface area contributed by atoms with Crippen LogP contribution >= 0.6 is 0 Å². The minimum atomic E-state index is -0.0741. The SMILES string of the molecule is O=C(c1cccc(Cn2ccnc2)c1)N1CCCc2cccc(O)c21. The molecule has 1 aromatic heterocycles. The summed E-state index contributed by atoms with van der Waals surface area (Å²) in [6, 6.07) is 13.1. The summed E-state index contributed by atoms with van der Waals surface area (Å²) >= 11 is 0. The molecule has 25 heavy (non-hydrogen) atoms. The summed E-state index contributed by atoms with van der Waals surface area (Å²) in [5.74, 6) is 0.0926. The molecule has 0 aliphatic carbocycles. The number of imidazole rings is 1. The average molecular weight is 333 g/mol. The minimum absolute atomic E-state index is 0.0741. The van der Waals surface area contributed by atoms with Crippen molar-refractivity contribution < 1.29 is 9.90 Å². The predicted molar refractivity (Wildman–Crippen MR) is 95.9 cm³/mol. The topological polar surface area (TPSA) is 58.4 Å². The number of carbonyl (C=O) groups is 1. The number of hydrogen-bond donors (Lipinski definition) is 1. The van der Waals surface area contributed by atoms with Gasteiger partial charge in [-0.05, 0) is 42.2 Å². The van der Waals surface area contributed by atoms with Gasteiger partial charge in [0.1, 0.15) is 5.75 Å². The number of amides is 1. The Hall–Kier alpha value is -3.08. The summed E-state index contributed by atoms with van der Waals surface area (Å²) in [6.45, 7) is 1.29. The van der Waals surface area contributed by atoms with Crippen molar-refractivity contribution in [3.05, 3.63) is 77.9 Å². The highest BCUT2D eigenvalue weighted by Gasteiger charge is 2.26. The molecule has 1 aliphatic heterocycles. The number of aromatic hydroxyl groups is 1. The molecule has 0 spiro atoms. The molecule has 1 amide bonds. The van der Waals surface area contributed by atoms with Gasteiger partial charge in [-0.15, -0.1) is 0 Å². The van der Waals surface area contributed by atoms with Crippen LogP contribution in [0.25, 0.3) is 0 Å². The molecule has 0 radical (unpaired) electrons. The second kappa shape index (κ2) is 6.43. The van der Waals surface area contributed by atoms with E-state index in [9.17, 15) is 9.90 Å². The molecule has 5 nitrogen and oxygen atoms in total. The number of carbonyl (C=O) groups excluding carboxylic acids is 1. The zero-order valence-corrected chi connectivity index (χ0v) is 13.8. The van der Waals surface area contributed by atoms with E-state index in [1.807, 2.05) is 47.2 Å². The Morgan fingerprint density at radius 1 is 1.20 bits per heavy atom. The van der Waals surface area contributed by atoms with Crippen LogP contribution in [0, 0.1) is 0 Å². The zero-order valence-electron chi connectivity index (χ0n) is 13.8. The molecule has 1 N–H and O–H groups in total. The molecule has 1 aliphatic rings. The molecule has 3 aromatic rings. The number of hydrogen-bond acceptors (Lipinski definition) is 3. The molecule has 2 heterocycles. The summed E-state index contributed by atoms with van der Waals surface area (Å²) in [5.41, 5.74) is 3.35. The third kappa shape index (κ3) is 3.01. The summed E-state index contributed by atoms with van der Waals surface area (Å²) in [6.07, 6.45) is 7.17. The van der Waals surface area contributed by atoms with Crippen LogP contribution in [0.5, 0.6) is 5.75 Å². The Labute approximate surface area is 146 Å². The van der Waals surface area contributed by atoms with Crippen molar-refractivity contribution >= 4 is 11.6 Å². The highest BCUT2D eigenvalue weighted by atomic mass is 16.3. The zero-order chi connectivity index (χ0) is 17.2. The lowest BCUT2D eigenvalue weighted by atomic mass is 9.99. The second-order valence-corrected chi connectivity index (χ2v) is 6.28. The maximum absolute atomic E-state index is 13.1. The quantitative estimate of drug-likeness (QED) is 0.800. The molecule has 0 saturated carbocycles. The fourth-order valence-electron chi connectivity index (χ4n) is 3.38. The fourth-order valence-corrected chi connectivity index (χ4v) is 3.38. The van der Waals surface area contributed by atoms with Gasteiger partial charge in [0.05, 0.1) is 12.0 Å². The monoisotopic (exact) mass is 333 g/mol. The number of benzene rings is 2. The highest BCUT2D eigenvalue weighted by Crippen LogP contribution is 2.36. The van der Waals surface area contributed by atoms with Gasteiger partial charge in [0.15, 0.2) is 0 Å². The van der Waals surface area contributed by atoms with Gasteiger partial charge in [-0.25, -0.2) is 4.98 Å². The molecule has 0 unspecified atom stereocenters. The summed E-state index contributed by atoms with van der Waals surface area (Å²) in [4.78, 5) is 18.8. The summed E-state index contributed by atoms with van der Waals surface area (Å²) in [5, 5.41) is 10.2. The van der Waals surface area contributed by atoms with Crippen LogP contribution in [0.15, 0.2) is 61.2 Å². The van der Waals surface area contributed by atoms with Crippen LogP contribution in [0.4, 0.5) is 5.69 Å². The lowest BCUT2D eigenvalue weighted by molar-refractivity contribution is 0.0984. The van der Waals surface area contributed by atoms with Crippen LogP contribution in [0.1, 0.15) is 27.9 Å². The number of aryl methyl sites for hydroxylation is 1. The smallest absolute Gasteiger partial charge is 0.258 e. The fraction of sp³-hybridized carbons (Fsp3) is 0.200. The van der Waals surface area contributed by atoms with Crippen molar-refractivity contribution in [2.75, 3.05) is 11.4 Å². The Morgan fingerprint density at radius 2 is 2.08 bits per heavy atom. The first-order valence-electron chi connectivity index (χ1n) is 8.40. The predicted octanol–water partition coefficient (Wildman–Crippen LogP) is 3.23. The van der Waals surface area contributed by atoms with Crippen molar-refractivity contribution in [1.82, 2.24) is 9.55 Å². The number of rotatable bonds is 3. The molecular weight excluding hydrogens is 314 g/mol. The number of para-hydroxylation sites is 1. The number of phenolic OH excluding ortho intramolecular Hbond substituents is 1. The van der Waals surface area contributed by atoms with E-state index in [0.717, 1.165) is 24.0 Å². The average Bonchev–Trinajstić information content (AvgIpc) is 3.14. The van der Waals surface area contributed by atoms with E-state index in [-0.39, 0.29) is 11.7 Å². The number of phenols is 1.